The summed E-state index contributed by atoms with van der Waals surface area (Å²) in [6, 6.07) is 5.95. The van der Waals surface area contributed by atoms with Crippen LogP contribution in [-0.4, -0.2) is 10.5 Å². The Morgan fingerprint density at radius 2 is 2.05 bits per heavy atom. The molecule has 1 amide bonds. The molecular weight excluding hydrogens is 419 g/mol. The first-order valence-electron chi connectivity index (χ1n) is 6.60. The van der Waals surface area contributed by atoms with Crippen LogP contribution >= 0.6 is 43.5 Å². The number of benzene rings is 1. The molecule has 0 bridgehead atoms. The van der Waals surface area contributed by atoms with E-state index in [1.807, 2.05) is 29.8 Å². The van der Waals surface area contributed by atoms with E-state index in [1.165, 1.54) is 0 Å². The topological polar surface area (TPSA) is 34.0 Å². The lowest BCUT2D eigenvalue weighted by Crippen LogP contribution is -2.16. The number of aromatic nitrogens is 1. The first kappa shape index (κ1) is 15.1. The number of carbonyl (C=O) groups is 1. The minimum atomic E-state index is -0.131. The van der Waals surface area contributed by atoms with E-state index in [0.29, 0.717) is 22.4 Å². The van der Waals surface area contributed by atoms with Crippen LogP contribution in [0.25, 0.3) is 0 Å². The highest BCUT2D eigenvalue weighted by atomic mass is 79.9. The number of aryl methyl sites for hydroxylation is 1. The predicted molar refractivity (Wildman–Crippen MR) is 92.2 cm³/mol. The van der Waals surface area contributed by atoms with Gasteiger partial charge in [-0.15, -0.1) is 0 Å². The minimum absolute atomic E-state index is 0.131. The summed E-state index contributed by atoms with van der Waals surface area (Å²) < 4.78 is 3.77. The molecule has 1 aromatic heterocycles. The fourth-order valence-electron chi connectivity index (χ4n) is 2.21. The number of amides is 1. The van der Waals surface area contributed by atoms with Gasteiger partial charge in [0.15, 0.2) is 0 Å². The van der Waals surface area contributed by atoms with E-state index in [-0.39, 0.29) is 5.91 Å². The predicted octanol–water partition coefficient (Wildman–Crippen LogP) is 5.56. The first-order chi connectivity index (χ1) is 9.95. The van der Waals surface area contributed by atoms with Crippen molar-refractivity contribution in [3.05, 3.63) is 49.6 Å². The van der Waals surface area contributed by atoms with Crippen LogP contribution in [0.15, 0.2) is 33.3 Å². The van der Waals surface area contributed by atoms with Gasteiger partial charge in [0.25, 0.3) is 5.91 Å². The fourth-order valence-corrected chi connectivity index (χ4v) is 3.37. The van der Waals surface area contributed by atoms with Gasteiger partial charge in [0.1, 0.15) is 5.69 Å². The van der Waals surface area contributed by atoms with Crippen molar-refractivity contribution in [2.45, 2.75) is 25.8 Å². The number of halogens is 3. The molecule has 0 spiro atoms. The number of rotatable bonds is 3. The van der Waals surface area contributed by atoms with E-state index in [9.17, 15) is 4.79 Å². The zero-order chi connectivity index (χ0) is 15.1. The van der Waals surface area contributed by atoms with Crippen LogP contribution in [0.5, 0.6) is 0 Å². The third kappa shape index (κ3) is 3.20. The van der Waals surface area contributed by atoms with Gasteiger partial charge in [-0.3, -0.25) is 4.79 Å². The maximum absolute atomic E-state index is 12.5. The van der Waals surface area contributed by atoms with Crippen LogP contribution in [0, 0.1) is 6.92 Å². The number of anilines is 1. The quantitative estimate of drug-likeness (QED) is 0.677. The second-order valence-corrected chi connectivity index (χ2v) is 7.39. The smallest absolute Gasteiger partial charge is 0.272 e. The Labute approximate surface area is 144 Å². The van der Waals surface area contributed by atoms with Gasteiger partial charge in [-0.1, -0.05) is 11.6 Å². The maximum atomic E-state index is 12.5. The van der Waals surface area contributed by atoms with E-state index in [1.54, 1.807) is 6.07 Å². The third-order valence-electron chi connectivity index (χ3n) is 3.48. The monoisotopic (exact) mass is 430 g/mol. The highest BCUT2D eigenvalue weighted by Crippen LogP contribution is 2.38. The zero-order valence-corrected chi connectivity index (χ0v) is 15.2. The average Bonchev–Trinajstić information content (AvgIpc) is 3.18. The molecular formula is C15H13Br2ClN2O. The van der Waals surface area contributed by atoms with E-state index < -0.39 is 0 Å². The number of hydrogen-bond donors (Lipinski definition) is 1. The molecule has 2 aromatic rings. The van der Waals surface area contributed by atoms with Gasteiger partial charge in [0.2, 0.25) is 0 Å². The molecule has 3 nitrogen and oxygen atoms in total. The highest BCUT2D eigenvalue weighted by Gasteiger charge is 2.28. The van der Waals surface area contributed by atoms with Crippen LogP contribution < -0.4 is 5.32 Å². The Balaban J connectivity index is 1.88. The summed E-state index contributed by atoms with van der Waals surface area (Å²) in [5.41, 5.74) is 2.30. The highest BCUT2D eigenvalue weighted by molar-refractivity contribution is 9.10. The Kier molecular flexibility index (Phi) is 4.17. The van der Waals surface area contributed by atoms with Crippen molar-refractivity contribution in [2.75, 3.05) is 5.32 Å². The molecule has 1 saturated carbocycles. The second-order valence-electron chi connectivity index (χ2n) is 5.22. The number of nitrogens with one attached hydrogen (secondary N) is 1. The van der Waals surface area contributed by atoms with Crippen molar-refractivity contribution < 1.29 is 4.79 Å². The molecule has 1 fully saturated rings. The summed E-state index contributed by atoms with van der Waals surface area (Å²) >= 11 is 13.0. The molecule has 6 heteroatoms. The number of hydrogen-bond acceptors (Lipinski definition) is 1. The number of carbonyl (C=O) groups excluding carboxylic acids is 1. The molecule has 1 N–H and O–H groups in total. The standard InChI is InChI=1S/C15H13Br2ClN2O/c1-8-4-11(17)13(6-12(8)18)19-15(21)14-5-9(16)7-20(14)10-2-3-10/h4-7,10H,2-3H2,1H3,(H,19,21). The lowest BCUT2D eigenvalue weighted by atomic mass is 10.2. The molecule has 1 aromatic carbocycles. The molecule has 0 radical (unpaired) electrons. The molecule has 1 aliphatic carbocycles. The Morgan fingerprint density at radius 1 is 1.33 bits per heavy atom. The van der Waals surface area contributed by atoms with Crippen molar-refractivity contribution in [2.24, 2.45) is 0 Å². The van der Waals surface area contributed by atoms with Crippen molar-refractivity contribution in [3.63, 3.8) is 0 Å². The van der Waals surface area contributed by atoms with Gasteiger partial charge < -0.3 is 9.88 Å². The summed E-state index contributed by atoms with van der Waals surface area (Å²) in [7, 11) is 0. The van der Waals surface area contributed by atoms with Gasteiger partial charge in [0.05, 0.1) is 5.69 Å². The molecule has 0 unspecified atom stereocenters. The number of nitrogens with zero attached hydrogens (tertiary/aromatic N) is 1. The van der Waals surface area contributed by atoms with Crippen molar-refractivity contribution in [1.82, 2.24) is 4.57 Å². The lowest BCUT2D eigenvalue weighted by molar-refractivity contribution is 0.101. The van der Waals surface area contributed by atoms with Crippen molar-refractivity contribution in [1.29, 1.82) is 0 Å². The summed E-state index contributed by atoms with van der Waals surface area (Å²) in [6.07, 6.45) is 4.21. The van der Waals surface area contributed by atoms with Gasteiger partial charge in [0, 0.05) is 26.2 Å². The largest absolute Gasteiger partial charge is 0.339 e. The first-order valence-corrected chi connectivity index (χ1v) is 8.56. The summed E-state index contributed by atoms with van der Waals surface area (Å²) in [4.78, 5) is 12.5. The molecule has 3 rings (SSSR count). The molecule has 21 heavy (non-hydrogen) atoms. The molecule has 0 atom stereocenters. The van der Waals surface area contributed by atoms with Gasteiger partial charge >= 0.3 is 0 Å². The molecule has 1 heterocycles. The van der Waals surface area contributed by atoms with Gasteiger partial charge in [-0.25, -0.2) is 0 Å². The summed E-state index contributed by atoms with van der Waals surface area (Å²) in [5, 5.41) is 3.55. The van der Waals surface area contributed by atoms with E-state index in [2.05, 4.69) is 37.2 Å². The molecule has 0 saturated heterocycles. The SMILES string of the molecule is Cc1cc(Br)c(NC(=O)c2cc(Br)cn2C2CC2)cc1Cl. The Bertz CT molecular complexity index is 723. The van der Waals surface area contributed by atoms with Gasteiger partial charge in [-0.05, 0) is 75.4 Å². The van der Waals surface area contributed by atoms with Gasteiger partial charge in [-0.2, -0.15) is 0 Å². The summed E-state index contributed by atoms with van der Waals surface area (Å²) in [5.74, 6) is -0.131. The summed E-state index contributed by atoms with van der Waals surface area (Å²) in [6.45, 7) is 1.92. The molecule has 110 valence electrons. The third-order valence-corrected chi connectivity index (χ3v) is 4.98. The van der Waals surface area contributed by atoms with Crippen LogP contribution in [0.2, 0.25) is 5.02 Å². The maximum Gasteiger partial charge on any atom is 0.272 e. The zero-order valence-electron chi connectivity index (χ0n) is 11.3. The molecule has 0 aliphatic heterocycles. The fraction of sp³-hybridized carbons (Fsp3) is 0.267. The molecule has 1 aliphatic rings. The van der Waals surface area contributed by atoms with Crippen molar-refractivity contribution in [3.8, 4) is 0 Å². The van der Waals surface area contributed by atoms with Crippen LogP contribution in [-0.2, 0) is 0 Å². The average molecular weight is 433 g/mol. The van der Waals surface area contributed by atoms with Crippen LogP contribution in [0.3, 0.4) is 0 Å². The second kappa shape index (κ2) is 5.78. The van der Waals surface area contributed by atoms with Crippen molar-refractivity contribution >= 4 is 55.1 Å². The Hall–Kier alpha value is -0.780. The van der Waals surface area contributed by atoms with E-state index in [0.717, 1.165) is 27.4 Å². The normalized spacial score (nSPS) is 14.3. The van der Waals surface area contributed by atoms with E-state index in [4.69, 9.17) is 11.6 Å². The minimum Gasteiger partial charge on any atom is -0.339 e. The Morgan fingerprint density at radius 3 is 2.71 bits per heavy atom. The lowest BCUT2D eigenvalue weighted by Gasteiger charge is -2.11. The van der Waals surface area contributed by atoms with E-state index >= 15 is 0 Å². The van der Waals surface area contributed by atoms with Crippen LogP contribution in [0.1, 0.15) is 34.9 Å². The van der Waals surface area contributed by atoms with Crippen LogP contribution in [0.4, 0.5) is 5.69 Å².